The van der Waals surface area contributed by atoms with E-state index in [0.29, 0.717) is 13.2 Å². The Morgan fingerprint density at radius 2 is 2.58 bits per heavy atom. The van der Waals surface area contributed by atoms with Crippen LogP contribution >= 0.6 is 0 Å². The van der Waals surface area contributed by atoms with Crippen LogP contribution in [0.4, 0.5) is 0 Å². The molecule has 1 unspecified atom stereocenters. The van der Waals surface area contributed by atoms with Crippen molar-refractivity contribution in [1.29, 1.82) is 0 Å². The van der Waals surface area contributed by atoms with E-state index in [4.69, 9.17) is 15.9 Å². The number of terminal acetylenes is 1. The minimum Gasteiger partial charge on any atom is -0.378 e. The van der Waals surface area contributed by atoms with Crippen LogP contribution in [0.1, 0.15) is 6.42 Å². The van der Waals surface area contributed by atoms with Crippen LogP contribution in [-0.4, -0.2) is 39.0 Å². The van der Waals surface area contributed by atoms with E-state index < -0.39 is 0 Å². The molecule has 1 saturated heterocycles. The van der Waals surface area contributed by atoms with E-state index in [2.05, 4.69) is 11.2 Å². The molecule has 0 aliphatic carbocycles. The summed E-state index contributed by atoms with van der Waals surface area (Å²) in [5, 5.41) is 3.13. The molecule has 0 aromatic heterocycles. The standard InChI is InChI=1S/C9H15NO2/c1-3-5-10-7-9(11-2)4-6-12-8-9/h1,10H,4-8H2,2H3. The number of ether oxygens (including phenoxy) is 2. The van der Waals surface area contributed by atoms with Gasteiger partial charge in [0.2, 0.25) is 0 Å². The topological polar surface area (TPSA) is 30.5 Å². The second-order valence-corrected chi connectivity index (χ2v) is 3.00. The highest BCUT2D eigenvalue weighted by atomic mass is 16.5. The van der Waals surface area contributed by atoms with E-state index in [1.807, 2.05) is 0 Å². The molecule has 1 heterocycles. The van der Waals surface area contributed by atoms with Gasteiger partial charge in [-0.25, -0.2) is 0 Å². The zero-order valence-corrected chi connectivity index (χ0v) is 7.43. The van der Waals surface area contributed by atoms with Gasteiger partial charge >= 0.3 is 0 Å². The van der Waals surface area contributed by atoms with Crippen LogP contribution in [0.2, 0.25) is 0 Å². The third-order valence-corrected chi connectivity index (χ3v) is 2.17. The molecule has 1 aliphatic rings. The van der Waals surface area contributed by atoms with Gasteiger partial charge in [-0.3, -0.25) is 0 Å². The Labute approximate surface area is 73.4 Å². The summed E-state index contributed by atoms with van der Waals surface area (Å²) in [6, 6.07) is 0. The van der Waals surface area contributed by atoms with Gasteiger partial charge in [-0.05, 0) is 0 Å². The highest BCUT2D eigenvalue weighted by molar-refractivity contribution is 4.91. The van der Waals surface area contributed by atoms with Crippen LogP contribution in [0.25, 0.3) is 0 Å². The Balaban J connectivity index is 2.30. The maximum absolute atomic E-state index is 5.39. The highest BCUT2D eigenvalue weighted by Gasteiger charge is 2.34. The maximum Gasteiger partial charge on any atom is 0.106 e. The Bertz CT molecular complexity index is 168. The fourth-order valence-corrected chi connectivity index (χ4v) is 1.32. The summed E-state index contributed by atoms with van der Waals surface area (Å²) in [5.74, 6) is 2.53. The fraction of sp³-hybridized carbons (Fsp3) is 0.778. The lowest BCUT2D eigenvalue weighted by Gasteiger charge is -2.25. The van der Waals surface area contributed by atoms with Crippen LogP contribution in [0.3, 0.4) is 0 Å². The lowest BCUT2D eigenvalue weighted by Crippen LogP contribution is -2.43. The van der Waals surface area contributed by atoms with Gasteiger partial charge in [0, 0.05) is 26.7 Å². The number of rotatable bonds is 4. The smallest absolute Gasteiger partial charge is 0.106 e. The van der Waals surface area contributed by atoms with Crippen molar-refractivity contribution in [3.05, 3.63) is 0 Å². The average Bonchev–Trinajstić information content (AvgIpc) is 2.55. The SMILES string of the molecule is C#CCNCC1(OC)CCOC1. The monoisotopic (exact) mass is 169 g/mol. The largest absolute Gasteiger partial charge is 0.378 e. The number of nitrogens with one attached hydrogen (secondary N) is 1. The quantitative estimate of drug-likeness (QED) is 0.475. The summed E-state index contributed by atoms with van der Waals surface area (Å²) in [7, 11) is 1.71. The summed E-state index contributed by atoms with van der Waals surface area (Å²) in [6.07, 6.45) is 6.06. The number of methoxy groups -OCH3 is 1. The van der Waals surface area contributed by atoms with Crippen molar-refractivity contribution in [1.82, 2.24) is 5.32 Å². The van der Waals surface area contributed by atoms with Crippen LogP contribution < -0.4 is 5.32 Å². The molecule has 0 spiro atoms. The van der Waals surface area contributed by atoms with Gasteiger partial charge < -0.3 is 14.8 Å². The van der Waals surface area contributed by atoms with E-state index in [0.717, 1.165) is 19.6 Å². The summed E-state index contributed by atoms with van der Waals surface area (Å²) in [4.78, 5) is 0. The first-order chi connectivity index (χ1) is 5.83. The van der Waals surface area contributed by atoms with E-state index in [1.54, 1.807) is 7.11 Å². The predicted molar refractivity (Wildman–Crippen MR) is 46.9 cm³/mol. The summed E-state index contributed by atoms with van der Waals surface area (Å²) in [6.45, 7) is 2.81. The molecule has 3 nitrogen and oxygen atoms in total. The van der Waals surface area contributed by atoms with Gasteiger partial charge in [-0.15, -0.1) is 6.42 Å². The Hall–Kier alpha value is -0.560. The molecule has 3 heteroatoms. The Kier molecular flexibility index (Phi) is 3.54. The zero-order valence-electron chi connectivity index (χ0n) is 7.43. The molecule has 68 valence electrons. The molecule has 0 bridgehead atoms. The molecule has 1 N–H and O–H groups in total. The molecule has 0 aromatic rings. The lowest BCUT2D eigenvalue weighted by atomic mass is 10.0. The molecule has 1 atom stereocenters. The second kappa shape index (κ2) is 4.46. The van der Waals surface area contributed by atoms with Gasteiger partial charge in [0.15, 0.2) is 0 Å². The molecule has 0 amide bonds. The van der Waals surface area contributed by atoms with Crippen molar-refractivity contribution in [2.45, 2.75) is 12.0 Å². The minimum atomic E-state index is -0.142. The summed E-state index contributed by atoms with van der Waals surface area (Å²) >= 11 is 0. The Morgan fingerprint density at radius 1 is 1.75 bits per heavy atom. The van der Waals surface area contributed by atoms with Crippen molar-refractivity contribution in [2.75, 3.05) is 33.4 Å². The van der Waals surface area contributed by atoms with Gasteiger partial charge in [0.05, 0.1) is 13.2 Å². The molecule has 1 aliphatic heterocycles. The van der Waals surface area contributed by atoms with Gasteiger partial charge in [0.1, 0.15) is 5.60 Å². The van der Waals surface area contributed by atoms with E-state index >= 15 is 0 Å². The first kappa shape index (κ1) is 9.53. The molecule has 0 aromatic carbocycles. The van der Waals surface area contributed by atoms with Gasteiger partial charge in [-0.1, -0.05) is 5.92 Å². The molecule has 0 saturated carbocycles. The van der Waals surface area contributed by atoms with Crippen molar-refractivity contribution in [2.24, 2.45) is 0 Å². The Morgan fingerprint density at radius 3 is 3.08 bits per heavy atom. The van der Waals surface area contributed by atoms with E-state index in [9.17, 15) is 0 Å². The lowest BCUT2D eigenvalue weighted by molar-refractivity contribution is -0.0149. The van der Waals surface area contributed by atoms with Crippen LogP contribution in [0.15, 0.2) is 0 Å². The van der Waals surface area contributed by atoms with Crippen LogP contribution in [-0.2, 0) is 9.47 Å². The van der Waals surface area contributed by atoms with Crippen molar-refractivity contribution in [3.8, 4) is 12.3 Å². The third kappa shape index (κ3) is 2.21. The van der Waals surface area contributed by atoms with Crippen LogP contribution in [0.5, 0.6) is 0 Å². The van der Waals surface area contributed by atoms with Crippen molar-refractivity contribution >= 4 is 0 Å². The zero-order chi connectivity index (χ0) is 8.86. The van der Waals surface area contributed by atoms with E-state index in [1.165, 1.54) is 0 Å². The fourth-order valence-electron chi connectivity index (χ4n) is 1.32. The average molecular weight is 169 g/mol. The van der Waals surface area contributed by atoms with E-state index in [-0.39, 0.29) is 5.60 Å². The molecule has 0 radical (unpaired) electrons. The van der Waals surface area contributed by atoms with Crippen molar-refractivity contribution in [3.63, 3.8) is 0 Å². The van der Waals surface area contributed by atoms with Crippen LogP contribution in [0, 0.1) is 12.3 Å². The van der Waals surface area contributed by atoms with Gasteiger partial charge in [0.25, 0.3) is 0 Å². The molecular weight excluding hydrogens is 154 g/mol. The predicted octanol–water partition coefficient (Wildman–Crippen LogP) is 0.0147. The molecule has 12 heavy (non-hydrogen) atoms. The normalized spacial score (nSPS) is 28.7. The number of hydrogen-bond donors (Lipinski definition) is 1. The van der Waals surface area contributed by atoms with Gasteiger partial charge in [-0.2, -0.15) is 0 Å². The van der Waals surface area contributed by atoms with Crippen molar-refractivity contribution < 1.29 is 9.47 Å². The highest BCUT2D eigenvalue weighted by Crippen LogP contribution is 2.21. The summed E-state index contributed by atoms with van der Waals surface area (Å²) < 4.78 is 10.7. The minimum absolute atomic E-state index is 0.142. The molecular formula is C9H15NO2. The first-order valence-electron chi connectivity index (χ1n) is 4.10. The first-order valence-corrected chi connectivity index (χ1v) is 4.10. The third-order valence-electron chi connectivity index (χ3n) is 2.17. The summed E-state index contributed by atoms with van der Waals surface area (Å²) in [5.41, 5.74) is -0.142. The number of hydrogen-bond acceptors (Lipinski definition) is 3. The molecule has 1 fully saturated rings. The maximum atomic E-state index is 5.39. The molecule has 1 rings (SSSR count). The second-order valence-electron chi connectivity index (χ2n) is 3.00.